The summed E-state index contributed by atoms with van der Waals surface area (Å²) in [5, 5.41) is 1.56. The SMILES string of the molecule is C[C@@H](C[S@](=O)C(C)(C)C)c1ccc(F)c2ccccc12. The molecule has 1 nitrogen and oxygen atoms in total. The van der Waals surface area contributed by atoms with E-state index >= 15 is 0 Å². The van der Waals surface area contributed by atoms with Gasteiger partial charge in [0, 0.05) is 26.7 Å². The molecule has 0 aromatic heterocycles. The second-order valence-electron chi connectivity index (χ2n) is 6.21. The maximum atomic E-state index is 13.8. The van der Waals surface area contributed by atoms with E-state index in [9.17, 15) is 8.60 Å². The number of benzene rings is 2. The van der Waals surface area contributed by atoms with Gasteiger partial charge in [0.15, 0.2) is 0 Å². The Kier molecular flexibility index (Phi) is 4.28. The van der Waals surface area contributed by atoms with Gasteiger partial charge in [-0.2, -0.15) is 0 Å². The van der Waals surface area contributed by atoms with Gasteiger partial charge in [-0.05, 0) is 43.7 Å². The smallest absolute Gasteiger partial charge is 0.131 e. The first-order chi connectivity index (χ1) is 9.30. The molecule has 0 fully saturated rings. The van der Waals surface area contributed by atoms with Crippen LogP contribution in [0.5, 0.6) is 0 Å². The zero-order chi connectivity index (χ0) is 14.9. The van der Waals surface area contributed by atoms with Crippen molar-refractivity contribution in [3.8, 4) is 0 Å². The molecule has 2 atom stereocenters. The van der Waals surface area contributed by atoms with E-state index in [-0.39, 0.29) is 16.5 Å². The molecule has 0 bridgehead atoms. The van der Waals surface area contributed by atoms with Gasteiger partial charge in [0.05, 0.1) is 0 Å². The first-order valence-corrected chi connectivity index (χ1v) is 8.18. The molecule has 0 saturated heterocycles. The number of hydrogen-bond acceptors (Lipinski definition) is 1. The van der Waals surface area contributed by atoms with Crippen molar-refractivity contribution in [2.75, 3.05) is 5.75 Å². The lowest BCUT2D eigenvalue weighted by Gasteiger charge is -2.22. The van der Waals surface area contributed by atoms with Crippen LogP contribution in [-0.4, -0.2) is 14.7 Å². The Morgan fingerprint density at radius 3 is 2.30 bits per heavy atom. The molecule has 2 rings (SSSR count). The molecule has 2 aromatic carbocycles. The van der Waals surface area contributed by atoms with E-state index in [2.05, 4.69) is 6.92 Å². The van der Waals surface area contributed by atoms with E-state index in [4.69, 9.17) is 0 Å². The molecule has 0 saturated carbocycles. The third-order valence-corrected chi connectivity index (χ3v) is 5.69. The molecule has 0 N–H and O–H groups in total. The maximum absolute atomic E-state index is 13.8. The van der Waals surface area contributed by atoms with Crippen LogP contribution in [0.3, 0.4) is 0 Å². The van der Waals surface area contributed by atoms with E-state index < -0.39 is 10.8 Å². The summed E-state index contributed by atoms with van der Waals surface area (Å²) in [7, 11) is -0.910. The first kappa shape index (κ1) is 15.2. The average Bonchev–Trinajstić information content (AvgIpc) is 2.38. The summed E-state index contributed by atoms with van der Waals surface area (Å²) in [6.07, 6.45) is 0. The van der Waals surface area contributed by atoms with Crippen LogP contribution >= 0.6 is 0 Å². The maximum Gasteiger partial charge on any atom is 0.131 e. The zero-order valence-electron chi connectivity index (χ0n) is 12.4. The number of rotatable bonds is 3. The molecule has 0 unspecified atom stereocenters. The highest BCUT2D eigenvalue weighted by atomic mass is 32.2. The van der Waals surface area contributed by atoms with Gasteiger partial charge in [0.1, 0.15) is 5.82 Å². The van der Waals surface area contributed by atoms with E-state index in [0.717, 1.165) is 10.9 Å². The second-order valence-corrected chi connectivity index (χ2v) is 8.46. The summed E-state index contributed by atoms with van der Waals surface area (Å²) in [5.74, 6) is 0.535. The van der Waals surface area contributed by atoms with Crippen LogP contribution in [-0.2, 0) is 10.8 Å². The number of halogens is 1. The molecule has 0 aliphatic carbocycles. The summed E-state index contributed by atoms with van der Waals surface area (Å²) in [6.45, 7) is 8.01. The lowest BCUT2D eigenvalue weighted by atomic mass is 9.96. The minimum Gasteiger partial charge on any atom is -0.259 e. The van der Waals surface area contributed by atoms with Crippen molar-refractivity contribution in [3.63, 3.8) is 0 Å². The van der Waals surface area contributed by atoms with Crippen molar-refractivity contribution in [1.82, 2.24) is 0 Å². The van der Waals surface area contributed by atoms with Crippen molar-refractivity contribution in [2.45, 2.75) is 38.4 Å². The van der Waals surface area contributed by atoms with E-state index in [1.807, 2.05) is 45.0 Å². The van der Waals surface area contributed by atoms with Crippen LogP contribution in [0.15, 0.2) is 36.4 Å². The van der Waals surface area contributed by atoms with Crippen LogP contribution in [0.25, 0.3) is 10.8 Å². The Morgan fingerprint density at radius 2 is 1.70 bits per heavy atom. The highest BCUT2D eigenvalue weighted by Gasteiger charge is 2.23. The highest BCUT2D eigenvalue weighted by Crippen LogP contribution is 2.29. The summed E-state index contributed by atoms with van der Waals surface area (Å²) in [4.78, 5) is 0. The fourth-order valence-electron chi connectivity index (χ4n) is 2.28. The largest absolute Gasteiger partial charge is 0.259 e. The molecular formula is C17H21FOS. The predicted octanol–water partition coefficient (Wildman–Crippen LogP) is 4.63. The first-order valence-electron chi connectivity index (χ1n) is 6.86. The molecular weight excluding hydrogens is 271 g/mol. The summed E-state index contributed by atoms with van der Waals surface area (Å²) in [6, 6.07) is 10.8. The van der Waals surface area contributed by atoms with Crippen LogP contribution in [0.1, 0.15) is 39.2 Å². The third kappa shape index (κ3) is 3.09. The van der Waals surface area contributed by atoms with Crippen molar-refractivity contribution in [1.29, 1.82) is 0 Å². The van der Waals surface area contributed by atoms with Crippen molar-refractivity contribution in [3.05, 3.63) is 47.8 Å². The molecule has 0 aliphatic rings. The minimum atomic E-state index is -0.910. The molecule has 108 valence electrons. The van der Waals surface area contributed by atoms with E-state index in [1.54, 1.807) is 6.07 Å². The average molecular weight is 292 g/mol. The lowest BCUT2D eigenvalue weighted by molar-refractivity contribution is 0.637. The molecule has 20 heavy (non-hydrogen) atoms. The Hall–Kier alpha value is -1.22. The molecule has 0 spiro atoms. The fraction of sp³-hybridized carbons (Fsp3) is 0.412. The van der Waals surface area contributed by atoms with Gasteiger partial charge in [0.2, 0.25) is 0 Å². The topological polar surface area (TPSA) is 17.1 Å². The van der Waals surface area contributed by atoms with E-state index in [1.165, 1.54) is 6.07 Å². The summed E-state index contributed by atoms with van der Waals surface area (Å²) in [5.41, 5.74) is 1.07. The van der Waals surface area contributed by atoms with Crippen molar-refractivity contribution >= 4 is 21.6 Å². The fourth-order valence-corrected chi connectivity index (χ4v) is 3.42. The standard InChI is InChI=1S/C17H21FOS/c1-12(11-20(19)17(2,3)4)13-9-10-16(18)15-8-6-5-7-14(13)15/h5-10,12H,11H2,1-4H3/t12-,20-/m0/s1. The number of hydrogen-bond donors (Lipinski definition) is 0. The quantitative estimate of drug-likeness (QED) is 0.806. The van der Waals surface area contributed by atoms with Gasteiger partial charge in [-0.1, -0.05) is 37.3 Å². The normalized spacial score (nSPS) is 15.2. The summed E-state index contributed by atoms with van der Waals surface area (Å²) < 4.78 is 25.9. The van der Waals surface area contributed by atoms with Crippen LogP contribution in [0.4, 0.5) is 4.39 Å². The molecule has 0 heterocycles. The molecule has 2 aromatic rings. The van der Waals surface area contributed by atoms with Gasteiger partial charge in [0.25, 0.3) is 0 Å². The van der Waals surface area contributed by atoms with Gasteiger partial charge in [-0.3, -0.25) is 4.21 Å². The van der Waals surface area contributed by atoms with Crippen LogP contribution in [0, 0.1) is 5.82 Å². The Morgan fingerprint density at radius 1 is 1.10 bits per heavy atom. The van der Waals surface area contributed by atoms with Crippen LogP contribution < -0.4 is 0 Å². The Balaban J connectivity index is 2.38. The summed E-state index contributed by atoms with van der Waals surface area (Å²) >= 11 is 0. The van der Waals surface area contributed by atoms with Gasteiger partial charge < -0.3 is 0 Å². The zero-order valence-corrected chi connectivity index (χ0v) is 13.3. The Labute approximate surface area is 122 Å². The second kappa shape index (κ2) is 5.65. The van der Waals surface area contributed by atoms with Gasteiger partial charge >= 0.3 is 0 Å². The van der Waals surface area contributed by atoms with Crippen LogP contribution in [0.2, 0.25) is 0 Å². The number of fused-ring (bicyclic) bond motifs is 1. The van der Waals surface area contributed by atoms with Gasteiger partial charge in [-0.25, -0.2) is 4.39 Å². The highest BCUT2D eigenvalue weighted by molar-refractivity contribution is 7.86. The minimum absolute atomic E-state index is 0.139. The van der Waals surface area contributed by atoms with E-state index in [0.29, 0.717) is 11.1 Å². The molecule has 3 heteroatoms. The third-order valence-electron chi connectivity index (χ3n) is 3.52. The molecule has 0 radical (unpaired) electrons. The van der Waals surface area contributed by atoms with Crippen molar-refractivity contribution in [2.24, 2.45) is 0 Å². The predicted molar refractivity (Wildman–Crippen MR) is 85.1 cm³/mol. The molecule has 0 amide bonds. The molecule has 0 aliphatic heterocycles. The van der Waals surface area contributed by atoms with Gasteiger partial charge in [-0.15, -0.1) is 0 Å². The lowest BCUT2D eigenvalue weighted by Crippen LogP contribution is -2.26. The monoisotopic (exact) mass is 292 g/mol. The van der Waals surface area contributed by atoms with Crippen molar-refractivity contribution < 1.29 is 8.60 Å². The Bertz CT molecular complexity index is 643.